The van der Waals surface area contributed by atoms with Crippen LogP contribution in [-0.2, 0) is 6.54 Å². The largest absolute Gasteiger partial charge is 0.358 e. The minimum Gasteiger partial charge on any atom is -0.358 e. The van der Waals surface area contributed by atoms with E-state index in [-0.39, 0.29) is 0 Å². The van der Waals surface area contributed by atoms with Crippen LogP contribution in [0.4, 0.5) is 0 Å². The number of aromatic amines is 1. The van der Waals surface area contributed by atoms with Crippen LogP contribution in [0.25, 0.3) is 10.9 Å². The highest BCUT2D eigenvalue weighted by molar-refractivity contribution is 5.84. The zero-order chi connectivity index (χ0) is 13.0. The zero-order valence-corrected chi connectivity index (χ0v) is 11.8. The van der Waals surface area contributed by atoms with E-state index in [1.807, 2.05) is 0 Å². The number of rotatable bonds is 6. The molecule has 2 aromatic rings. The van der Waals surface area contributed by atoms with E-state index in [0.29, 0.717) is 0 Å². The van der Waals surface area contributed by atoms with Gasteiger partial charge in [0.2, 0.25) is 0 Å². The third-order valence-corrected chi connectivity index (χ3v) is 3.49. The molecule has 0 radical (unpaired) electrons. The highest BCUT2D eigenvalue weighted by Gasteiger charge is 2.11. The second-order valence-corrected chi connectivity index (χ2v) is 5.05. The Hall–Kier alpha value is -1.28. The predicted octanol–water partition coefficient (Wildman–Crippen LogP) is 4.10. The van der Waals surface area contributed by atoms with Crippen molar-refractivity contribution in [3.8, 4) is 0 Å². The van der Waals surface area contributed by atoms with Crippen molar-refractivity contribution in [3.05, 3.63) is 35.5 Å². The molecule has 2 nitrogen and oxygen atoms in total. The van der Waals surface area contributed by atoms with Crippen molar-refractivity contribution in [2.24, 2.45) is 0 Å². The van der Waals surface area contributed by atoms with Crippen molar-refractivity contribution < 1.29 is 0 Å². The fourth-order valence-corrected chi connectivity index (χ4v) is 2.66. The predicted molar refractivity (Wildman–Crippen MR) is 78.9 cm³/mol. The van der Waals surface area contributed by atoms with Crippen LogP contribution in [0, 0.1) is 6.92 Å². The van der Waals surface area contributed by atoms with Crippen LogP contribution < -0.4 is 0 Å². The fourth-order valence-electron chi connectivity index (χ4n) is 2.66. The van der Waals surface area contributed by atoms with Gasteiger partial charge in [-0.15, -0.1) is 0 Å². The lowest BCUT2D eigenvalue weighted by molar-refractivity contribution is 0.267. The quantitative estimate of drug-likeness (QED) is 0.810. The van der Waals surface area contributed by atoms with Crippen LogP contribution in [0.2, 0.25) is 0 Å². The van der Waals surface area contributed by atoms with Gasteiger partial charge in [0.05, 0.1) is 0 Å². The Morgan fingerprint density at radius 1 is 1.06 bits per heavy atom. The fraction of sp³-hybridized carbons (Fsp3) is 0.500. The summed E-state index contributed by atoms with van der Waals surface area (Å²) in [5.41, 5.74) is 4.04. The van der Waals surface area contributed by atoms with E-state index in [1.165, 1.54) is 48.1 Å². The lowest BCUT2D eigenvalue weighted by Gasteiger charge is -2.21. The topological polar surface area (TPSA) is 19.0 Å². The number of hydrogen-bond donors (Lipinski definition) is 1. The normalized spacial score (nSPS) is 11.6. The van der Waals surface area contributed by atoms with Crippen LogP contribution >= 0.6 is 0 Å². The number of benzene rings is 1. The number of aryl methyl sites for hydroxylation is 1. The number of nitrogens with zero attached hydrogens (tertiary/aromatic N) is 1. The van der Waals surface area contributed by atoms with E-state index in [2.05, 4.69) is 54.9 Å². The van der Waals surface area contributed by atoms with Gasteiger partial charge in [0, 0.05) is 23.1 Å². The Morgan fingerprint density at radius 2 is 1.72 bits per heavy atom. The number of hydrogen-bond acceptors (Lipinski definition) is 1. The molecule has 2 heteroatoms. The molecule has 1 aromatic heterocycles. The third-order valence-electron chi connectivity index (χ3n) is 3.49. The molecule has 0 unspecified atom stereocenters. The first-order valence-corrected chi connectivity index (χ1v) is 7.04. The van der Waals surface area contributed by atoms with E-state index < -0.39 is 0 Å². The summed E-state index contributed by atoms with van der Waals surface area (Å²) in [5.74, 6) is 0. The van der Waals surface area contributed by atoms with E-state index >= 15 is 0 Å². The third kappa shape index (κ3) is 2.75. The molecular weight excluding hydrogens is 220 g/mol. The van der Waals surface area contributed by atoms with Crippen LogP contribution in [0.5, 0.6) is 0 Å². The molecule has 0 atom stereocenters. The molecular formula is C16H24N2. The van der Waals surface area contributed by atoms with E-state index in [4.69, 9.17) is 0 Å². The van der Waals surface area contributed by atoms with Crippen molar-refractivity contribution >= 4 is 10.9 Å². The van der Waals surface area contributed by atoms with E-state index in [1.54, 1.807) is 0 Å². The molecule has 0 fully saturated rings. The lowest BCUT2D eigenvalue weighted by Crippen LogP contribution is -2.25. The second-order valence-electron chi connectivity index (χ2n) is 5.05. The average Bonchev–Trinajstić information content (AvgIpc) is 2.67. The zero-order valence-electron chi connectivity index (χ0n) is 11.8. The molecule has 0 saturated carbocycles. The number of nitrogens with one attached hydrogen (secondary N) is 1. The summed E-state index contributed by atoms with van der Waals surface area (Å²) in [7, 11) is 0. The Labute approximate surface area is 110 Å². The van der Waals surface area contributed by atoms with Gasteiger partial charge in [-0.1, -0.05) is 32.0 Å². The minimum atomic E-state index is 1.07. The molecule has 1 N–H and O–H groups in total. The number of H-pyrrole nitrogens is 1. The first kappa shape index (κ1) is 13.2. The average molecular weight is 244 g/mol. The molecule has 0 aliphatic heterocycles. The van der Waals surface area contributed by atoms with Crippen molar-refractivity contribution in [1.29, 1.82) is 0 Å². The van der Waals surface area contributed by atoms with Gasteiger partial charge in [0.25, 0.3) is 0 Å². The Bertz CT molecular complexity index is 493. The molecule has 0 bridgehead atoms. The first-order valence-electron chi connectivity index (χ1n) is 7.04. The summed E-state index contributed by atoms with van der Waals surface area (Å²) in [6, 6.07) is 8.61. The van der Waals surface area contributed by atoms with Crippen LogP contribution in [0.15, 0.2) is 24.3 Å². The SMILES string of the molecule is CCCN(CCC)Cc1c(C)[nH]c2ccccc12. The van der Waals surface area contributed by atoms with Crippen LogP contribution in [-0.4, -0.2) is 23.0 Å². The Morgan fingerprint density at radius 3 is 2.39 bits per heavy atom. The summed E-state index contributed by atoms with van der Waals surface area (Å²) in [5, 5.41) is 1.38. The van der Waals surface area contributed by atoms with Gasteiger partial charge in [-0.25, -0.2) is 0 Å². The smallest absolute Gasteiger partial charge is 0.0459 e. The molecule has 0 aliphatic rings. The molecule has 18 heavy (non-hydrogen) atoms. The van der Waals surface area contributed by atoms with Crippen LogP contribution in [0.1, 0.15) is 37.9 Å². The summed E-state index contributed by atoms with van der Waals surface area (Å²) < 4.78 is 0. The maximum Gasteiger partial charge on any atom is 0.0459 e. The molecule has 0 spiro atoms. The highest BCUT2D eigenvalue weighted by Crippen LogP contribution is 2.23. The highest BCUT2D eigenvalue weighted by atomic mass is 15.1. The van der Waals surface area contributed by atoms with E-state index in [0.717, 1.165) is 6.54 Å². The van der Waals surface area contributed by atoms with Gasteiger partial charge < -0.3 is 4.98 Å². The van der Waals surface area contributed by atoms with Gasteiger partial charge in [0.15, 0.2) is 0 Å². The summed E-state index contributed by atoms with van der Waals surface area (Å²) in [4.78, 5) is 6.05. The Kier molecular flexibility index (Phi) is 4.43. The molecule has 0 saturated heterocycles. The molecule has 0 aliphatic carbocycles. The van der Waals surface area contributed by atoms with Crippen molar-refractivity contribution in [1.82, 2.24) is 9.88 Å². The molecule has 1 aromatic carbocycles. The number of aromatic nitrogens is 1. The molecule has 98 valence electrons. The first-order chi connectivity index (χ1) is 8.76. The molecule has 2 rings (SSSR count). The summed E-state index contributed by atoms with van der Waals surface area (Å²) in [6.07, 6.45) is 2.45. The van der Waals surface area contributed by atoms with Crippen molar-refractivity contribution in [2.75, 3.05) is 13.1 Å². The Balaban J connectivity index is 2.26. The second kappa shape index (κ2) is 6.05. The maximum absolute atomic E-state index is 3.49. The summed E-state index contributed by atoms with van der Waals surface area (Å²) in [6.45, 7) is 10.1. The van der Waals surface area contributed by atoms with Crippen molar-refractivity contribution in [2.45, 2.75) is 40.2 Å². The molecule has 0 amide bonds. The minimum absolute atomic E-state index is 1.07. The lowest BCUT2D eigenvalue weighted by atomic mass is 10.1. The maximum atomic E-state index is 3.49. The standard InChI is InChI=1S/C16H24N2/c1-4-10-18(11-5-2)12-15-13(3)17-16-9-7-6-8-14(15)16/h6-9,17H,4-5,10-12H2,1-3H3. The van der Waals surface area contributed by atoms with Crippen LogP contribution in [0.3, 0.4) is 0 Å². The van der Waals surface area contributed by atoms with Gasteiger partial charge in [-0.3, -0.25) is 4.90 Å². The van der Waals surface area contributed by atoms with Gasteiger partial charge >= 0.3 is 0 Å². The monoisotopic (exact) mass is 244 g/mol. The van der Waals surface area contributed by atoms with E-state index in [9.17, 15) is 0 Å². The summed E-state index contributed by atoms with van der Waals surface area (Å²) >= 11 is 0. The number of para-hydroxylation sites is 1. The van der Waals surface area contributed by atoms with Crippen molar-refractivity contribution in [3.63, 3.8) is 0 Å². The van der Waals surface area contributed by atoms with Gasteiger partial charge in [0.1, 0.15) is 0 Å². The van der Waals surface area contributed by atoms with Gasteiger partial charge in [-0.2, -0.15) is 0 Å². The number of fused-ring (bicyclic) bond motifs is 1. The van der Waals surface area contributed by atoms with Gasteiger partial charge in [-0.05, 0) is 44.5 Å². The molecule has 1 heterocycles.